The molecule has 6 heteroatoms. The molecule has 2 atom stereocenters. The molecule has 1 fully saturated rings. The van der Waals surface area contributed by atoms with Crippen LogP contribution in [0.3, 0.4) is 0 Å². The van der Waals surface area contributed by atoms with Crippen LogP contribution in [0.5, 0.6) is 0 Å². The number of amides is 2. The van der Waals surface area contributed by atoms with Crippen molar-refractivity contribution >= 4 is 17.5 Å². The zero-order valence-corrected chi connectivity index (χ0v) is 17.1. The van der Waals surface area contributed by atoms with Crippen LogP contribution in [0.15, 0.2) is 35.4 Å². The molecule has 28 heavy (non-hydrogen) atoms. The Morgan fingerprint density at radius 2 is 2.00 bits per heavy atom. The van der Waals surface area contributed by atoms with Crippen molar-refractivity contribution in [1.82, 2.24) is 15.2 Å². The fraction of sp³-hybridized carbons (Fsp3) is 0.591. The second-order valence-corrected chi connectivity index (χ2v) is 8.08. The standard InChI is InChI=1S/C22H32N4O2/c1-17-7-6-13-25(16-17)18(2)15-23-21(27)10-11-22(28)26-14-12-20(24-26)19-8-4-3-5-9-19/h3-5,8-9,17-18H,6-7,10-16H2,1-2H3,(H,23,27). The number of nitrogens with zero attached hydrogens (tertiary/aromatic N) is 3. The topological polar surface area (TPSA) is 65.0 Å². The fourth-order valence-corrected chi connectivity index (χ4v) is 3.93. The Labute approximate surface area is 168 Å². The quantitative estimate of drug-likeness (QED) is 0.786. The largest absolute Gasteiger partial charge is 0.355 e. The predicted octanol–water partition coefficient (Wildman–Crippen LogP) is 2.64. The van der Waals surface area contributed by atoms with Gasteiger partial charge in [0.2, 0.25) is 11.8 Å². The molecule has 0 radical (unpaired) electrons. The van der Waals surface area contributed by atoms with E-state index in [1.165, 1.54) is 17.9 Å². The third-order valence-electron chi connectivity index (χ3n) is 5.67. The van der Waals surface area contributed by atoms with Crippen molar-refractivity contribution in [2.75, 3.05) is 26.2 Å². The highest BCUT2D eigenvalue weighted by Gasteiger charge is 2.23. The van der Waals surface area contributed by atoms with Gasteiger partial charge in [-0.05, 0) is 37.8 Å². The van der Waals surface area contributed by atoms with E-state index in [-0.39, 0.29) is 24.7 Å². The summed E-state index contributed by atoms with van der Waals surface area (Å²) in [6.07, 6.45) is 3.70. The lowest BCUT2D eigenvalue weighted by Crippen LogP contribution is -2.46. The highest BCUT2D eigenvalue weighted by Crippen LogP contribution is 2.17. The van der Waals surface area contributed by atoms with E-state index >= 15 is 0 Å². The van der Waals surface area contributed by atoms with Crippen LogP contribution in [0.4, 0.5) is 0 Å². The molecule has 1 saturated heterocycles. The Morgan fingerprint density at radius 1 is 1.21 bits per heavy atom. The number of rotatable bonds is 7. The van der Waals surface area contributed by atoms with Gasteiger partial charge in [-0.25, -0.2) is 5.01 Å². The second kappa shape index (κ2) is 9.82. The number of likely N-dealkylation sites (tertiary alicyclic amines) is 1. The summed E-state index contributed by atoms with van der Waals surface area (Å²) in [6, 6.07) is 10.2. The Balaban J connectivity index is 1.38. The first-order valence-electron chi connectivity index (χ1n) is 10.5. The summed E-state index contributed by atoms with van der Waals surface area (Å²) in [5, 5.41) is 8.94. The van der Waals surface area contributed by atoms with Crippen molar-refractivity contribution in [1.29, 1.82) is 0 Å². The summed E-state index contributed by atoms with van der Waals surface area (Å²) in [5.41, 5.74) is 1.99. The predicted molar refractivity (Wildman–Crippen MR) is 111 cm³/mol. The van der Waals surface area contributed by atoms with Gasteiger partial charge in [-0.2, -0.15) is 5.10 Å². The number of hydrogen-bond acceptors (Lipinski definition) is 4. The van der Waals surface area contributed by atoms with Crippen LogP contribution in [0, 0.1) is 5.92 Å². The lowest BCUT2D eigenvalue weighted by Gasteiger charge is -2.35. The Kier molecular flexibility index (Phi) is 7.20. The van der Waals surface area contributed by atoms with Gasteiger partial charge in [-0.3, -0.25) is 14.5 Å². The van der Waals surface area contributed by atoms with Crippen LogP contribution in [0.1, 0.15) is 51.5 Å². The molecule has 6 nitrogen and oxygen atoms in total. The van der Waals surface area contributed by atoms with Crippen LogP contribution >= 0.6 is 0 Å². The molecule has 0 spiro atoms. The Hall–Kier alpha value is -2.21. The molecule has 152 valence electrons. The van der Waals surface area contributed by atoms with Gasteiger partial charge in [0.05, 0.1) is 12.3 Å². The zero-order valence-electron chi connectivity index (χ0n) is 17.1. The van der Waals surface area contributed by atoms with Crippen LogP contribution in [-0.2, 0) is 9.59 Å². The summed E-state index contributed by atoms with van der Waals surface area (Å²) in [5.74, 6) is 0.585. The molecule has 2 aliphatic heterocycles. The van der Waals surface area contributed by atoms with E-state index in [1.807, 2.05) is 30.3 Å². The van der Waals surface area contributed by atoms with Crippen molar-refractivity contribution in [3.05, 3.63) is 35.9 Å². The Morgan fingerprint density at radius 3 is 2.75 bits per heavy atom. The third kappa shape index (κ3) is 5.64. The van der Waals surface area contributed by atoms with E-state index in [0.717, 1.165) is 36.7 Å². The number of nitrogens with one attached hydrogen (secondary N) is 1. The first kappa shape index (κ1) is 20.5. The number of carbonyl (C=O) groups is 2. The summed E-state index contributed by atoms with van der Waals surface area (Å²) >= 11 is 0. The zero-order chi connectivity index (χ0) is 19.9. The van der Waals surface area contributed by atoms with E-state index in [9.17, 15) is 9.59 Å². The van der Waals surface area contributed by atoms with Gasteiger partial charge in [0, 0.05) is 38.4 Å². The van der Waals surface area contributed by atoms with Crippen molar-refractivity contribution in [2.24, 2.45) is 11.0 Å². The van der Waals surface area contributed by atoms with Gasteiger partial charge in [0.15, 0.2) is 0 Å². The van der Waals surface area contributed by atoms with Gasteiger partial charge in [-0.1, -0.05) is 37.3 Å². The van der Waals surface area contributed by atoms with Crippen LogP contribution in [0.25, 0.3) is 0 Å². The average Bonchev–Trinajstić information content (AvgIpc) is 3.21. The van der Waals surface area contributed by atoms with Crippen molar-refractivity contribution in [3.63, 3.8) is 0 Å². The van der Waals surface area contributed by atoms with Gasteiger partial charge in [-0.15, -0.1) is 0 Å². The van der Waals surface area contributed by atoms with E-state index < -0.39 is 0 Å². The van der Waals surface area contributed by atoms with Gasteiger partial charge in [0.1, 0.15) is 0 Å². The first-order valence-corrected chi connectivity index (χ1v) is 10.5. The second-order valence-electron chi connectivity index (χ2n) is 8.08. The monoisotopic (exact) mass is 384 g/mol. The summed E-state index contributed by atoms with van der Waals surface area (Å²) in [4.78, 5) is 27.0. The van der Waals surface area contributed by atoms with Crippen LogP contribution < -0.4 is 5.32 Å². The number of hydrazone groups is 1. The van der Waals surface area contributed by atoms with Crippen molar-refractivity contribution in [2.45, 2.75) is 52.0 Å². The molecule has 2 amide bonds. The molecule has 3 rings (SSSR count). The number of benzene rings is 1. The van der Waals surface area contributed by atoms with Crippen molar-refractivity contribution < 1.29 is 9.59 Å². The van der Waals surface area contributed by atoms with Gasteiger partial charge < -0.3 is 5.32 Å². The number of hydrogen-bond donors (Lipinski definition) is 1. The van der Waals surface area contributed by atoms with E-state index in [2.05, 4.69) is 29.2 Å². The van der Waals surface area contributed by atoms with Crippen molar-refractivity contribution in [3.8, 4) is 0 Å². The highest BCUT2D eigenvalue weighted by molar-refractivity contribution is 6.02. The molecule has 0 saturated carbocycles. The van der Waals surface area contributed by atoms with Crippen LogP contribution in [-0.4, -0.2) is 59.7 Å². The minimum absolute atomic E-state index is 0.0586. The van der Waals surface area contributed by atoms with E-state index in [0.29, 0.717) is 19.1 Å². The summed E-state index contributed by atoms with van der Waals surface area (Å²) in [6.45, 7) is 7.89. The van der Waals surface area contributed by atoms with Crippen LogP contribution in [0.2, 0.25) is 0 Å². The maximum absolute atomic E-state index is 12.4. The maximum atomic E-state index is 12.4. The fourth-order valence-electron chi connectivity index (χ4n) is 3.93. The SMILES string of the molecule is CC1CCCN(C(C)CNC(=O)CCC(=O)N2CCC(c3ccccc3)=N2)C1. The number of carbonyl (C=O) groups excluding carboxylic acids is 2. The maximum Gasteiger partial charge on any atom is 0.243 e. The Bertz CT molecular complexity index is 704. The lowest BCUT2D eigenvalue weighted by atomic mass is 9.99. The minimum Gasteiger partial charge on any atom is -0.355 e. The molecule has 0 aliphatic carbocycles. The summed E-state index contributed by atoms with van der Waals surface area (Å²) < 4.78 is 0. The first-order chi connectivity index (χ1) is 13.5. The minimum atomic E-state index is -0.0843. The molecule has 1 aromatic carbocycles. The lowest BCUT2D eigenvalue weighted by molar-refractivity contribution is -0.133. The molecule has 2 aliphatic rings. The molecule has 1 aromatic rings. The van der Waals surface area contributed by atoms with E-state index in [1.54, 1.807) is 0 Å². The normalized spacial score (nSPS) is 21.3. The molecule has 2 unspecified atom stereocenters. The number of piperidine rings is 1. The molecule has 0 bridgehead atoms. The molecule has 1 N–H and O–H groups in total. The third-order valence-corrected chi connectivity index (χ3v) is 5.67. The molecular formula is C22H32N4O2. The molecule has 0 aromatic heterocycles. The molecular weight excluding hydrogens is 352 g/mol. The smallest absolute Gasteiger partial charge is 0.243 e. The molecule has 2 heterocycles. The van der Waals surface area contributed by atoms with E-state index in [4.69, 9.17) is 0 Å². The van der Waals surface area contributed by atoms with Gasteiger partial charge in [0.25, 0.3) is 0 Å². The van der Waals surface area contributed by atoms with Gasteiger partial charge >= 0.3 is 0 Å². The average molecular weight is 385 g/mol. The summed E-state index contributed by atoms with van der Waals surface area (Å²) in [7, 11) is 0. The highest BCUT2D eigenvalue weighted by atomic mass is 16.2.